The van der Waals surface area contributed by atoms with Gasteiger partial charge in [-0.3, -0.25) is 4.79 Å². The van der Waals surface area contributed by atoms with Crippen molar-refractivity contribution in [3.63, 3.8) is 0 Å². The summed E-state index contributed by atoms with van der Waals surface area (Å²) < 4.78 is 0. The molecule has 0 radical (unpaired) electrons. The highest BCUT2D eigenvalue weighted by atomic mass is 32.1. The van der Waals surface area contributed by atoms with Gasteiger partial charge in [0.2, 0.25) is 0 Å². The number of nitrogens with two attached hydrogens (primary N) is 1. The van der Waals surface area contributed by atoms with Gasteiger partial charge in [-0.1, -0.05) is 18.8 Å². The topological polar surface area (TPSA) is 55.1 Å². The number of carbonyl (C=O) groups is 1. The summed E-state index contributed by atoms with van der Waals surface area (Å²) in [6, 6.07) is 5.97. The van der Waals surface area contributed by atoms with Gasteiger partial charge in [-0.15, -0.1) is 22.7 Å². The standard InChI is InChI=1S/C15H16N2OS2/c1-2-12-5-6-14(20-12)9-17-15(18)11-8-13(19-10-11)4-3-7-16/h5-6,8,10H,2,7,9,16H2,1H3,(H,17,18). The lowest BCUT2D eigenvalue weighted by atomic mass is 10.3. The number of carbonyl (C=O) groups excluding carboxylic acids is 1. The average molecular weight is 304 g/mol. The van der Waals surface area contributed by atoms with E-state index in [4.69, 9.17) is 5.73 Å². The molecule has 0 aliphatic carbocycles. The normalized spacial score (nSPS) is 9.90. The molecule has 0 saturated carbocycles. The summed E-state index contributed by atoms with van der Waals surface area (Å²) in [5.41, 5.74) is 5.98. The zero-order valence-electron chi connectivity index (χ0n) is 11.2. The van der Waals surface area contributed by atoms with Crippen molar-refractivity contribution in [1.82, 2.24) is 5.32 Å². The molecule has 0 fully saturated rings. The Morgan fingerprint density at radius 1 is 1.40 bits per heavy atom. The molecule has 0 atom stereocenters. The monoisotopic (exact) mass is 304 g/mol. The lowest BCUT2D eigenvalue weighted by Crippen LogP contribution is -2.21. The Bertz CT molecular complexity index is 646. The molecule has 2 rings (SSSR count). The fraction of sp³-hybridized carbons (Fsp3) is 0.267. The molecular weight excluding hydrogens is 288 g/mol. The van der Waals surface area contributed by atoms with Gasteiger partial charge in [0.05, 0.1) is 23.5 Å². The summed E-state index contributed by atoms with van der Waals surface area (Å²) in [7, 11) is 0. The number of hydrogen-bond acceptors (Lipinski definition) is 4. The zero-order valence-corrected chi connectivity index (χ0v) is 12.9. The minimum Gasteiger partial charge on any atom is -0.347 e. The van der Waals surface area contributed by atoms with E-state index in [0.29, 0.717) is 18.7 Å². The van der Waals surface area contributed by atoms with Gasteiger partial charge in [-0.25, -0.2) is 0 Å². The van der Waals surface area contributed by atoms with E-state index in [1.807, 2.05) is 5.38 Å². The van der Waals surface area contributed by atoms with Crippen LogP contribution < -0.4 is 11.1 Å². The molecule has 0 unspecified atom stereocenters. The summed E-state index contributed by atoms with van der Waals surface area (Å²) in [5.74, 6) is 5.65. The molecule has 3 nitrogen and oxygen atoms in total. The van der Waals surface area contributed by atoms with E-state index in [-0.39, 0.29) is 5.91 Å². The molecule has 104 valence electrons. The molecule has 2 aromatic rings. The molecule has 0 saturated heterocycles. The maximum absolute atomic E-state index is 12.0. The smallest absolute Gasteiger partial charge is 0.252 e. The van der Waals surface area contributed by atoms with Gasteiger partial charge in [0, 0.05) is 15.1 Å². The molecule has 1 amide bonds. The Kier molecular flexibility index (Phi) is 5.36. The highest BCUT2D eigenvalue weighted by Gasteiger charge is 2.08. The number of nitrogens with one attached hydrogen (secondary N) is 1. The van der Waals surface area contributed by atoms with Gasteiger partial charge >= 0.3 is 0 Å². The van der Waals surface area contributed by atoms with Crippen molar-refractivity contribution in [1.29, 1.82) is 0 Å². The maximum Gasteiger partial charge on any atom is 0.252 e. The van der Waals surface area contributed by atoms with E-state index in [2.05, 4.69) is 36.2 Å². The molecule has 0 bridgehead atoms. The fourth-order valence-corrected chi connectivity index (χ4v) is 3.29. The van der Waals surface area contributed by atoms with Crippen molar-refractivity contribution in [2.45, 2.75) is 19.9 Å². The van der Waals surface area contributed by atoms with Gasteiger partial charge in [-0.05, 0) is 24.6 Å². The van der Waals surface area contributed by atoms with Crippen molar-refractivity contribution in [2.75, 3.05) is 6.54 Å². The van der Waals surface area contributed by atoms with E-state index >= 15 is 0 Å². The van der Waals surface area contributed by atoms with Crippen LogP contribution in [0.1, 0.15) is 31.9 Å². The predicted octanol–water partition coefficient (Wildman–Crippen LogP) is 2.61. The van der Waals surface area contributed by atoms with Crippen LogP contribution in [0.25, 0.3) is 0 Å². The van der Waals surface area contributed by atoms with Gasteiger partial charge in [0.1, 0.15) is 0 Å². The fourth-order valence-electron chi connectivity index (χ4n) is 1.64. The van der Waals surface area contributed by atoms with Crippen LogP contribution in [0.15, 0.2) is 23.6 Å². The predicted molar refractivity (Wildman–Crippen MR) is 85.1 cm³/mol. The number of amides is 1. The zero-order chi connectivity index (χ0) is 14.4. The van der Waals surface area contributed by atoms with Gasteiger partial charge in [0.15, 0.2) is 0 Å². The summed E-state index contributed by atoms with van der Waals surface area (Å²) in [6.45, 7) is 3.03. The highest BCUT2D eigenvalue weighted by molar-refractivity contribution is 7.12. The van der Waals surface area contributed by atoms with Crippen molar-refractivity contribution in [3.05, 3.63) is 43.8 Å². The summed E-state index contributed by atoms with van der Waals surface area (Å²) in [4.78, 5) is 15.4. The molecule has 20 heavy (non-hydrogen) atoms. The molecular formula is C15H16N2OS2. The van der Waals surface area contributed by atoms with Crippen LogP contribution >= 0.6 is 22.7 Å². The Hall–Kier alpha value is -1.61. The van der Waals surface area contributed by atoms with Gasteiger partial charge < -0.3 is 11.1 Å². The Morgan fingerprint density at radius 3 is 2.90 bits per heavy atom. The third kappa shape index (κ3) is 3.94. The van der Waals surface area contributed by atoms with Crippen LogP contribution in [-0.4, -0.2) is 12.5 Å². The molecule has 0 aromatic carbocycles. The number of aryl methyl sites for hydroxylation is 1. The second kappa shape index (κ2) is 7.25. The van der Waals surface area contributed by atoms with Gasteiger partial charge in [-0.2, -0.15) is 0 Å². The van der Waals surface area contributed by atoms with E-state index in [9.17, 15) is 4.79 Å². The quantitative estimate of drug-likeness (QED) is 0.853. The second-order valence-corrected chi connectivity index (χ2v) is 6.27. The first-order valence-corrected chi connectivity index (χ1v) is 8.05. The minimum atomic E-state index is -0.0616. The molecule has 5 heteroatoms. The van der Waals surface area contributed by atoms with E-state index < -0.39 is 0 Å². The first-order chi connectivity index (χ1) is 9.72. The summed E-state index contributed by atoms with van der Waals surface area (Å²) in [6.07, 6.45) is 1.03. The van der Waals surface area contributed by atoms with Crippen LogP contribution in [0.3, 0.4) is 0 Å². The Balaban J connectivity index is 1.92. The molecule has 0 aliphatic heterocycles. The van der Waals surface area contributed by atoms with Gasteiger partial charge in [0.25, 0.3) is 5.91 Å². The third-order valence-corrected chi connectivity index (χ3v) is 4.74. The SMILES string of the molecule is CCc1ccc(CNC(=O)c2csc(C#CCN)c2)s1. The van der Waals surface area contributed by atoms with E-state index in [1.165, 1.54) is 21.1 Å². The molecule has 2 aromatic heterocycles. The Morgan fingerprint density at radius 2 is 2.20 bits per heavy atom. The molecule has 3 N–H and O–H groups in total. The number of thiophene rings is 2. The van der Waals surface area contributed by atoms with Crippen molar-refractivity contribution in [2.24, 2.45) is 5.73 Å². The van der Waals surface area contributed by atoms with E-state index in [0.717, 1.165) is 11.3 Å². The van der Waals surface area contributed by atoms with Crippen LogP contribution in [0, 0.1) is 11.8 Å². The van der Waals surface area contributed by atoms with Crippen LogP contribution in [0.5, 0.6) is 0 Å². The second-order valence-electron chi connectivity index (χ2n) is 4.11. The molecule has 0 spiro atoms. The van der Waals surface area contributed by atoms with Crippen LogP contribution in [-0.2, 0) is 13.0 Å². The van der Waals surface area contributed by atoms with Crippen LogP contribution in [0.2, 0.25) is 0 Å². The van der Waals surface area contributed by atoms with Crippen LogP contribution in [0.4, 0.5) is 0 Å². The van der Waals surface area contributed by atoms with Crippen molar-refractivity contribution < 1.29 is 4.79 Å². The lowest BCUT2D eigenvalue weighted by molar-refractivity contribution is 0.0952. The van der Waals surface area contributed by atoms with E-state index in [1.54, 1.807) is 17.4 Å². The van der Waals surface area contributed by atoms with Crippen molar-refractivity contribution in [3.8, 4) is 11.8 Å². The molecule has 0 aliphatic rings. The summed E-state index contributed by atoms with van der Waals surface area (Å²) >= 11 is 3.20. The first kappa shape index (κ1) is 14.8. The average Bonchev–Trinajstić information content (AvgIpc) is 3.11. The number of hydrogen-bond donors (Lipinski definition) is 2. The number of rotatable bonds is 4. The molecule has 2 heterocycles. The first-order valence-electron chi connectivity index (χ1n) is 6.36. The Labute approximate surface area is 126 Å². The lowest BCUT2D eigenvalue weighted by Gasteiger charge is -2.00. The maximum atomic E-state index is 12.0. The minimum absolute atomic E-state index is 0.0616. The third-order valence-electron chi connectivity index (χ3n) is 2.66. The summed E-state index contributed by atoms with van der Waals surface area (Å²) in [5, 5.41) is 4.75. The highest BCUT2D eigenvalue weighted by Crippen LogP contribution is 2.17. The largest absolute Gasteiger partial charge is 0.347 e. The van der Waals surface area contributed by atoms with Crippen molar-refractivity contribution >= 4 is 28.6 Å².